The van der Waals surface area contributed by atoms with Crippen molar-refractivity contribution in [3.8, 4) is 0 Å². The van der Waals surface area contributed by atoms with Crippen molar-refractivity contribution in [3.05, 3.63) is 64.2 Å². The van der Waals surface area contributed by atoms with Crippen molar-refractivity contribution in [3.63, 3.8) is 0 Å². The SMILES string of the molecule is CC(=O)Nc1ccc(N=Cc2ccc([N+](=O)[O-])cc2)cc1. The van der Waals surface area contributed by atoms with Crippen LogP contribution in [0.4, 0.5) is 17.1 Å². The van der Waals surface area contributed by atoms with Gasteiger partial charge in [-0.05, 0) is 42.0 Å². The van der Waals surface area contributed by atoms with Crippen LogP contribution in [0.3, 0.4) is 0 Å². The number of anilines is 1. The highest BCUT2D eigenvalue weighted by molar-refractivity contribution is 5.89. The zero-order valence-electron chi connectivity index (χ0n) is 11.3. The normalized spacial score (nSPS) is 10.5. The van der Waals surface area contributed by atoms with Crippen molar-refractivity contribution in [2.24, 2.45) is 4.99 Å². The van der Waals surface area contributed by atoms with E-state index in [-0.39, 0.29) is 11.6 Å². The predicted octanol–water partition coefficient (Wildman–Crippen LogP) is 3.30. The molecule has 0 aliphatic carbocycles. The summed E-state index contributed by atoms with van der Waals surface area (Å²) in [6.45, 7) is 1.45. The highest BCUT2D eigenvalue weighted by atomic mass is 16.6. The van der Waals surface area contributed by atoms with Crippen LogP contribution in [0.5, 0.6) is 0 Å². The number of hydrogen-bond acceptors (Lipinski definition) is 4. The molecule has 0 saturated heterocycles. The molecule has 0 radical (unpaired) electrons. The molecule has 21 heavy (non-hydrogen) atoms. The topological polar surface area (TPSA) is 84.6 Å². The second-order valence-corrected chi connectivity index (χ2v) is 4.33. The molecule has 2 aromatic carbocycles. The Bertz CT molecular complexity index is 676. The van der Waals surface area contributed by atoms with Crippen molar-refractivity contribution < 1.29 is 9.72 Å². The number of hydrogen-bond donors (Lipinski definition) is 1. The molecule has 0 fully saturated rings. The number of nitrogens with one attached hydrogen (secondary N) is 1. The third-order valence-electron chi connectivity index (χ3n) is 2.65. The zero-order chi connectivity index (χ0) is 15.2. The molecule has 0 heterocycles. The van der Waals surface area contributed by atoms with Crippen LogP contribution in [0.15, 0.2) is 53.5 Å². The smallest absolute Gasteiger partial charge is 0.269 e. The molecule has 1 N–H and O–H groups in total. The third-order valence-corrected chi connectivity index (χ3v) is 2.65. The lowest BCUT2D eigenvalue weighted by atomic mass is 10.2. The summed E-state index contributed by atoms with van der Waals surface area (Å²) in [4.78, 5) is 25.3. The number of carbonyl (C=O) groups excluding carboxylic acids is 1. The molecule has 0 aromatic heterocycles. The van der Waals surface area contributed by atoms with Gasteiger partial charge in [0.25, 0.3) is 5.69 Å². The Morgan fingerprint density at radius 3 is 2.29 bits per heavy atom. The molecule has 0 spiro atoms. The molecule has 6 nitrogen and oxygen atoms in total. The van der Waals surface area contributed by atoms with Crippen LogP contribution in [-0.2, 0) is 4.79 Å². The molecule has 0 aliphatic rings. The van der Waals surface area contributed by atoms with Gasteiger partial charge >= 0.3 is 0 Å². The van der Waals surface area contributed by atoms with Crippen molar-refractivity contribution >= 4 is 29.2 Å². The van der Waals surface area contributed by atoms with Crippen molar-refractivity contribution in [1.29, 1.82) is 0 Å². The van der Waals surface area contributed by atoms with Crippen LogP contribution >= 0.6 is 0 Å². The van der Waals surface area contributed by atoms with Crippen molar-refractivity contribution in [2.75, 3.05) is 5.32 Å². The first kappa shape index (κ1) is 14.4. The maximum atomic E-state index is 10.9. The van der Waals surface area contributed by atoms with E-state index < -0.39 is 4.92 Å². The largest absolute Gasteiger partial charge is 0.326 e. The minimum Gasteiger partial charge on any atom is -0.326 e. The Kier molecular flexibility index (Phi) is 4.40. The first-order chi connectivity index (χ1) is 10.0. The first-order valence-electron chi connectivity index (χ1n) is 6.21. The van der Waals surface area contributed by atoms with Crippen LogP contribution < -0.4 is 5.32 Å². The van der Waals surface area contributed by atoms with E-state index in [0.29, 0.717) is 5.69 Å². The van der Waals surface area contributed by atoms with Crippen molar-refractivity contribution in [2.45, 2.75) is 6.92 Å². The molecule has 6 heteroatoms. The van der Waals surface area contributed by atoms with Gasteiger partial charge in [-0.15, -0.1) is 0 Å². The summed E-state index contributed by atoms with van der Waals surface area (Å²) >= 11 is 0. The number of rotatable bonds is 4. The fourth-order valence-electron chi connectivity index (χ4n) is 1.67. The summed E-state index contributed by atoms with van der Waals surface area (Å²) in [6, 6.07) is 13.2. The van der Waals surface area contributed by atoms with E-state index in [1.165, 1.54) is 19.1 Å². The number of benzene rings is 2. The van der Waals surface area contributed by atoms with Crippen LogP contribution in [0.25, 0.3) is 0 Å². The first-order valence-corrected chi connectivity index (χ1v) is 6.21. The second kappa shape index (κ2) is 6.42. The molecule has 2 aromatic rings. The van der Waals surface area contributed by atoms with E-state index in [1.807, 2.05) is 0 Å². The monoisotopic (exact) mass is 283 g/mol. The summed E-state index contributed by atoms with van der Waals surface area (Å²) in [5, 5.41) is 13.2. The van der Waals surface area contributed by atoms with Gasteiger partial charge in [-0.25, -0.2) is 0 Å². The molecule has 0 atom stereocenters. The van der Waals surface area contributed by atoms with Gasteiger partial charge in [-0.2, -0.15) is 0 Å². The highest BCUT2D eigenvalue weighted by Gasteiger charge is 2.02. The van der Waals surface area contributed by atoms with Gasteiger partial charge in [0.05, 0.1) is 10.6 Å². The summed E-state index contributed by atoms with van der Waals surface area (Å²) in [7, 11) is 0. The quantitative estimate of drug-likeness (QED) is 0.530. The number of carbonyl (C=O) groups is 1. The Morgan fingerprint density at radius 1 is 1.14 bits per heavy atom. The minimum absolute atomic E-state index is 0.0480. The van der Waals surface area contributed by atoms with E-state index in [1.54, 1.807) is 42.6 Å². The molecule has 0 saturated carbocycles. The van der Waals surface area contributed by atoms with Crippen LogP contribution in [-0.4, -0.2) is 17.0 Å². The fourth-order valence-corrected chi connectivity index (χ4v) is 1.67. The lowest BCUT2D eigenvalue weighted by Crippen LogP contribution is -2.04. The average Bonchev–Trinajstić information content (AvgIpc) is 2.46. The van der Waals surface area contributed by atoms with Gasteiger partial charge in [-0.1, -0.05) is 0 Å². The fraction of sp³-hybridized carbons (Fsp3) is 0.0667. The standard InChI is InChI=1S/C15H13N3O3/c1-11(19)17-14-6-4-13(5-7-14)16-10-12-2-8-15(9-3-12)18(20)21/h2-10H,1H3,(H,17,19). The Hall–Kier alpha value is -3.02. The van der Waals surface area contributed by atoms with E-state index in [4.69, 9.17) is 0 Å². The van der Waals surface area contributed by atoms with E-state index >= 15 is 0 Å². The average molecular weight is 283 g/mol. The lowest BCUT2D eigenvalue weighted by Gasteiger charge is -2.01. The summed E-state index contributed by atoms with van der Waals surface area (Å²) in [5.74, 6) is -0.128. The lowest BCUT2D eigenvalue weighted by molar-refractivity contribution is -0.384. The molecule has 0 unspecified atom stereocenters. The third kappa shape index (κ3) is 4.24. The maximum Gasteiger partial charge on any atom is 0.269 e. The summed E-state index contributed by atoms with van der Waals surface area (Å²) < 4.78 is 0. The van der Waals surface area contributed by atoms with Crippen LogP contribution in [0.1, 0.15) is 12.5 Å². The van der Waals surface area contributed by atoms with Gasteiger partial charge in [0.2, 0.25) is 5.91 Å². The van der Waals surface area contributed by atoms with Gasteiger partial charge in [0.15, 0.2) is 0 Å². The van der Waals surface area contributed by atoms with Crippen molar-refractivity contribution in [1.82, 2.24) is 0 Å². The number of nitrogens with zero attached hydrogens (tertiary/aromatic N) is 2. The minimum atomic E-state index is -0.443. The number of amides is 1. The molecule has 2 rings (SSSR count). The number of non-ortho nitro benzene ring substituents is 1. The second-order valence-electron chi connectivity index (χ2n) is 4.33. The summed E-state index contributed by atoms with van der Waals surface area (Å²) in [5.41, 5.74) is 2.25. The van der Waals surface area contributed by atoms with Crippen LogP contribution in [0.2, 0.25) is 0 Å². The number of nitro benzene ring substituents is 1. The summed E-state index contributed by atoms with van der Waals surface area (Å²) in [6.07, 6.45) is 1.62. The number of nitro groups is 1. The maximum absolute atomic E-state index is 10.9. The predicted molar refractivity (Wildman–Crippen MR) is 81.1 cm³/mol. The highest BCUT2D eigenvalue weighted by Crippen LogP contribution is 2.17. The molecular weight excluding hydrogens is 270 g/mol. The Labute approximate surface area is 121 Å². The van der Waals surface area contributed by atoms with Gasteiger partial charge in [0, 0.05) is 31.0 Å². The zero-order valence-corrected chi connectivity index (χ0v) is 11.3. The van der Waals surface area contributed by atoms with Crippen LogP contribution in [0, 0.1) is 10.1 Å². The van der Waals surface area contributed by atoms with E-state index in [9.17, 15) is 14.9 Å². The van der Waals surface area contributed by atoms with E-state index in [0.717, 1.165) is 11.3 Å². The van der Waals surface area contributed by atoms with E-state index in [2.05, 4.69) is 10.3 Å². The Balaban J connectivity index is 2.06. The molecule has 1 amide bonds. The number of aliphatic imine (C=N–C) groups is 1. The van der Waals surface area contributed by atoms with Gasteiger partial charge in [-0.3, -0.25) is 19.9 Å². The molecule has 0 aliphatic heterocycles. The molecule has 0 bridgehead atoms. The molecule has 106 valence electrons. The Morgan fingerprint density at radius 2 is 1.76 bits per heavy atom. The van der Waals surface area contributed by atoms with Gasteiger partial charge < -0.3 is 5.32 Å². The van der Waals surface area contributed by atoms with Gasteiger partial charge in [0.1, 0.15) is 0 Å². The molecular formula is C15H13N3O3.